The molecule has 0 saturated heterocycles. The van der Waals surface area contributed by atoms with Gasteiger partial charge in [-0.3, -0.25) is 0 Å². The van der Waals surface area contributed by atoms with Crippen molar-refractivity contribution < 1.29 is 0 Å². The first kappa shape index (κ1) is 12.4. The van der Waals surface area contributed by atoms with E-state index < -0.39 is 0 Å². The predicted molar refractivity (Wildman–Crippen MR) is 76.9 cm³/mol. The molecule has 2 aromatic heterocycles. The number of nitrogens with one attached hydrogen (secondary N) is 2. The fraction of sp³-hybridized carbons (Fsp3) is 0.214. The minimum absolute atomic E-state index is 0.268. The molecule has 20 heavy (non-hydrogen) atoms. The van der Waals surface area contributed by atoms with Crippen LogP contribution in [0.25, 0.3) is 5.65 Å². The molecule has 0 aliphatic heterocycles. The van der Waals surface area contributed by atoms with Gasteiger partial charge in [-0.15, -0.1) is 0 Å². The van der Waals surface area contributed by atoms with Crippen molar-refractivity contribution in [1.29, 1.82) is 0 Å². The minimum Gasteiger partial charge on any atom is -0.366 e. The van der Waals surface area contributed by atoms with Gasteiger partial charge in [-0.25, -0.2) is 19.3 Å². The molecule has 2 N–H and O–H groups in total. The van der Waals surface area contributed by atoms with Crippen LogP contribution >= 0.6 is 0 Å². The van der Waals surface area contributed by atoms with Gasteiger partial charge >= 0.3 is 5.69 Å². The molecule has 0 amide bonds. The number of rotatable bonds is 3. The number of aromatic nitrogens is 4. The van der Waals surface area contributed by atoms with Gasteiger partial charge in [0.1, 0.15) is 11.6 Å². The normalized spacial score (nSPS) is 10.9. The quantitative estimate of drug-likeness (QED) is 0.758. The van der Waals surface area contributed by atoms with Crippen molar-refractivity contribution in [2.75, 3.05) is 5.32 Å². The van der Waals surface area contributed by atoms with Crippen LogP contribution in [-0.2, 0) is 6.54 Å². The zero-order valence-corrected chi connectivity index (χ0v) is 11.3. The SMILES string of the molecule is Cc1ccccc1CNc1cc2n[nH]c(=O)n2c(C)n1. The second-order valence-electron chi connectivity index (χ2n) is 4.69. The summed E-state index contributed by atoms with van der Waals surface area (Å²) in [7, 11) is 0. The molecule has 0 fully saturated rings. The van der Waals surface area contributed by atoms with Crippen molar-refractivity contribution in [3.05, 3.63) is 57.8 Å². The van der Waals surface area contributed by atoms with Crippen molar-refractivity contribution in [3.8, 4) is 0 Å². The van der Waals surface area contributed by atoms with Gasteiger partial charge in [0.2, 0.25) is 0 Å². The standard InChI is InChI=1S/C14H15N5O/c1-9-5-3-4-6-11(9)8-15-12-7-13-17-18-14(20)19(13)10(2)16-12/h3-7,15H,8H2,1-2H3,(H,18,20). The maximum absolute atomic E-state index is 11.5. The number of hydrogen-bond acceptors (Lipinski definition) is 4. The Balaban J connectivity index is 1.88. The zero-order valence-electron chi connectivity index (χ0n) is 11.3. The van der Waals surface area contributed by atoms with Crippen LogP contribution in [0, 0.1) is 13.8 Å². The molecule has 0 atom stereocenters. The Morgan fingerprint density at radius 3 is 2.90 bits per heavy atom. The topological polar surface area (TPSA) is 75.1 Å². The van der Waals surface area contributed by atoms with Crippen LogP contribution in [0.5, 0.6) is 0 Å². The first-order valence-corrected chi connectivity index (χ1v) is 6.38. The zero-order chi connectivity index (χ0) is 14.1. The molecule has 3 rings (SSSR count). The van der Waals surface area contributed by atoms with E-state index in [1.807, 2.05) is 12.1 Å². The Morgan fingerprint density at radius 2 is 2.10 bits per heavy atom. The van der Waals surface area contributed by atoms with E-state index in [-0.39, 0.29) is 5.69 Å². The highest BCUT2D eigenvalue weighted by molar-refractivity contribution is 5.50. The molecule has 6 nitrogen and oxygen atoms in total. The van der Waals surface area contributed by atoms with Crippen LogP contribution in [0.3, 0.4) is 0 Å². The van der Waals surface area contributed by atoms with Crippen LogP contribution in [0.4, 0.5) is 5.82 Å². The molecule has 1 aromatic carbocycles. The highest BCUT2D eigenvalue weighted by Crippen LogP contribution is 2.12. The summed E-state index contributed by atoms with van der Waals surface area (Å²) >= 11 is 0. The number of aromatic amines is 1. The lowest BCUT2D eigenvalue weighted by atomic mass is 10.1. The Hall–Kier alpha value is -2.63. The molecule has 6 heteroatoms. The number of anilines is 1. The van der Waals surface area contributed by atoms with E-state index in [4.69, 9.17) is 0 Å². The number of hydrogen-bond donors (Lipinski definition) is 2. The highest BCUT2D eigenvalue weighted by Gasteiger charge is 2.06. The number of benzene rings is 1. The lowest BCUT2D eigenvalue weighted by molar-refractivity contribution is 0.930. The van der Waals surface area contributed by atoms with E-state index in [1.54, 1.807) is 13.0 Å². The van der Waals surface area contributed by atoms with Gasteiger partial charge in [0.15, 0.2) is 5.65 Å². The van der Waals surface area contributed by atoms with E-state index in [0.717, 1.165) is 0 Å². The Morgan fingerprint density at radius 1 is 1.30 bits per heavy atom. The lowest BCUT2D eigenvalue weighted by Gasteiger charge is -2.09. The van der Waals surface area contributed by atoms with Gasteiger partial charge < -0.3 is 5.32 Å². The summed E-state index contributed by atoms with van der Waals surface area (Å²) in [4.78, 5) is 15.9. The minimum atomic E-state index is -0.268. The summed E-state index contributed by atoms with van der Waals surface area (Å²) in [6, 6.07) is 9.94. The maximum atomic E-state index is 11.5. The van der Waals surface area contributed by atoms with Crippen molar-refractivity contribution in [3.63, 3.8) is 0 Å². The molecule has 0 radical (unpaired) electrons. The summed E-state index contributed by atoms with van der Waals surface area (Å²) in [6.45, 7) is 4.54. The van der Waals surface area contributed by atoms with Crippen molar-refractivity contribution in [2.24, 2.45) is 0 Å². The fourth-order valence-electron chi connectivity index (χ4n) is 2.18. The van der Waals surface area contributed by atoms with E-state index in [2.05, 4.69) is 39.6 Å². The smallest absolute Gasteiger partial charge is 0.349 e. The molecular weight excluding hydrogens is 254 g/mol. The van der Waals surface area contributed by atoms with Gasteiger partial charge in [0.25, 0.3) is 0 Å². The van der Waals surface area contributed by atoms with Crippen LogP contribution < -0.4 is 11.0 Å². The molecule has 3 aromatic rings. The second-order valence-corrected chi connectivity index (χ2v) is 4.69. The fourth-order valence-corrected chi connectivity index (χ4v) is 2.18. The molecule has 102 valence electrons. The molecule has 0 aliphatic rings. The van der Waals surface area contributed by atoms with Gasteiger partial charge in [0, 0.05) is 12.6 Å². The van der Waals surface area contributed by atoms with E-state index in [0.29, 0.717) is 23.8 Å². The molecule has 2 heterocycles. The number of aryl methyl sites for hydroxylation is 2. The van der Waals surface area contributed by atoms with Crippen LogP contribution in [-0.4, -0.2) is 19.6 Å². The highest BCUT2D eigenvalue weighted by atomic mass is 16.1. The summed E-state index contributed by atoms with van der Waals surface area (Å²) in [5.74, 6) is 1.31. The Bertz CT molecular complexity index is 818. The third-order valence-electron chi connectivity index (χ3n) is 3.29. The van der Waals surface area contributed by atoms with Crippen molar-refractivity contribution >= 4 is 11.5 Å². The average Bonchev–Trinajstić information content (AvgIpc) is 2.80. The van der Waals surface area contributed by atoms with Gasteiger partial charge in [-0.2, -0.15) is 5.10 Å². The van der Waals surface area contributed by atoms with Crippen molar-refractivity contribution in [1.82, 2.24) is 19.6 Å². The summed E-state index contributed by atoms with van der Waals surface area (Å²) in [5, 5.41) is 9.64. The molecule has 0 unspecified atom stereocenters. The second kappa shape index (κ2) is 4.80. The Labute approximate surface area is 115 Å². The van der Waals surface area contributed by atoms with E-state index >= 15 is 0 Å². The first-order valence-electron chi connectivity index (χ1n) is 6.38. The molecule has 0 saturated carbocycles. The lowest BCUT2D eigenvalue weighted by Crippen LogP contribution is -2.14. The first-order chi connectivity index (χ1) is 9.65. The number of H-pyrrole nitrogens is 1. The third kappa shape index (κ3) is 2.16. The van der Waals surface area contributed by atoms with Crippen LogP contribution in [0.1, 0.15) is 17.0 Å². The number of fused-ring (bicyclic) bond motifs is 1. The molecule has 0 spiro atoms. The van der Waals surface area contributed by atoms with E-state index in [9.17, 15) is 4.79 Å². The van der Waals surface area contributed by atoms with Gasteiger partial charge in [-0.05, 0) is 25.0 Å². The largest absolute Gasteiger partial charge is 0.366 e. The van der Waals surface area contributed by atoms with Gasteiger partial charge in [-0.1, -0.05) is 24.3 Å². The summed E-state index contributed by atoms with van der Waals surface area (Å²) in [6.07, 6.45) is 0. The predicted octanol–water partition coefficient (Wildman–Crippen LogP) is 1.65. The third-order valence-corrected chi connectivity index (χ3v) is 3.29. The summed E-state index contributed by atoms with van der Waals surface area (Å²) < 4.78 is 1.44. The van der Waals surface area contributed by atoms with Gasteiger partial charge in [0.05, 0.1) is 0 Å². The molecule has 0 bridgehead atoms. The average molecular weight is 269 g/mol. The van der Waals surface area contributed by atoms with Crippen LogP contribution in [0.15, 0.2) is 35.1 Å². The molecule has 0 aliphatic carbocycles. The number of nitrogens with zero attached hydrogens (tertiary/aromatic N) is 3. The molecular formula is C14H15N5O. The monoisotopic (exact) mass is 269 g/mol. The van der Waals surface area contributed by atoms with Crippen LogP contribution in [0.2, 0.25) is 0 Å². The summed E-state index contributed by atoms with van der Waals surface area (Å²) in [5.41, 5.74) is 2.74. The maximum Gasteiger partial charge on any atom is 0.349 e. The Kier molecular flexibility index (Phi) is 2.98. The van der Waals surface area contributed by atoms with E-state index in [1.165, 1.54) is 15.5 Å². The van der Waals surface area contributed by atoms with Crippen molar-refractivity contribution in [2.45, 2.75) is 20.4 Å².